The van der Waals surface area contributed by atoms with E-state index >= 15 is 0 Å². The first-order valence-corrected chi connectivity index (χ1v) is 10.5. The smallest absolute Gasteiger partial charge is 0.238 e. The van der Waals surface area contributed by atoms with Crippen LogP contribution in [0.2, 0.25) is 0 Å². The second-order valence-corrected chi connectivity index (χ2v) is 7.65. The zero-order chi connectivity index (χ0) is 20.5. The maximum absolute atomic E-state index is 12.6. The van der Waals surface area contributed by atoms with Crippen molar-refractivity contribution in [2.24, 2.45) is 0 Å². The van der Waals surface area contributed by atoms with E-state index in [1.54, 1.807) is 11.3 Å². The van der Waals surface area contributed by atoms with E-state index in [0.717, 1.165) is 21.7 Å². The molecule has 0 saturated heterocycles. The van der Waals surface area contributed by atoms with Crippen molar-refractivity contribution in [3.05, 3.63) is 77.0 Å². The number of para-hydroxylation sites is 1. The lowest BCUT2D eigenvalue weighted by Crippen LogP contribution is -2.40. The summed E-state index contributed by atoms with van der Waals surface area (Å²) in [6.07, 6.45) is 0. The number of carbonyl (C=O) groups is 2. The first kappa shape index (κ1) is 20.8. The van der Waals surface area contributed by atoms with Gasteiger partial charge in [-0.25, -0.2) is 0 Å². The number of thiophene rings is 1. The third-order valence-electron chi connectivity index (χ3n) is 4.51. The Morgan fingerprint density at radius 1 is 0.897 bits per heavy atom. The fourth-order valence-electron chi connectivity index (χ4n) is 2.99. The molecular weight excluding hydrogens is 382 g/mol. The number of nitrogens with one attached hydrogen (secondary N) is 2. The number of carbonyl (C=O) groups excluding carboxylic acids is 2. The molecule has 0 aliphatic rings. The lowest BCUT2D eigenvalue weighted by Gasteiger charge is -2.20. The Morgan fingerprint density at radius 3 is 2.34 bits per heavy atom. The Bertz CT molecular complexity index is 926. The molecule has 2 aromatic carbocycles. The molecule has 3 rings (SSSR count). The Labute approximate surface area is 175 Å². The zero-order valence-corrected chi connectivity index (χ0v) is 17.2. The number of hydrogen-bond acceptors (Lipinski definition) is 4. The standard InChI is InChI=1S/C23H25N3O2S/c1-2-26(16-22(27)24-15-19-11-8-14-29-19)17-23(28)25-21-13-7-6-12-20(21)18-9-4-3-5-10-18/h3-14H,2,15-17H2,1H3,(H,24,27)(H,25,28). The monoisotopic (exact) mass is 407 g/mol. The molecule has 0 saturated carbocycles. The third kappa shape index (κ3) is 6.27. The van der Waals surface area contributed by atoms with Crippen LogP contribution in [0.3, 0.4) is 0 Å². The number of anilines is 1. The minimum Gasteiger partial charge on any atom is -0.350 e. The molecule has 0 unspecified atom stereocenters. The van der Waals surface area contributed by atoms with E-state index in [9.17, 15) is 9.59 Å². The molecule has 3 aromatic rings. The predicted molar refractivity (Wildman–Crippen MR) is 119 cm³/mol. The van der Waals surface area contributed by atoms with Crippen LogP contribution in [0, 0.1) is 0 Å². The van der Waals surface area contributed by atoms with Crippen LogP contribution in [-0.2, 0) is 16.1 Å². The molecular formula is C23H25N3O2S. The van der Waals surface area contributed by atoms with Crippen LogP contribution >= 0.6 is 11.3 Å². The van der Waals surface area contributed by atoms with Crippen LogP contribution in [0.4, 0.5) is 5.69 Å². The van der Waals surface area contributed by atoms with Crippen molar-refractivity contribution in [1.82, 2.24) is 10.2 Å². The number of rotatable bonds is 9. The van der Waals surface area contributed by atoms with Gasteiger partial charge in [0.2, 0.25) is 11.8 Å². The summed E-state index contributed by atoms with van der Waals surface area (Å²) >= 11 is 1.61. The summed E-state index contributed by atoms with van der Waals surface area (Å²) in [7, 11) is 0. The molecule has 2 amide bonds. The first-order chi connectivity index (χ1) is 14.2. The average Bonchev–Trinajstić information content (AvgIpc) is 3.26. The number of benzene rings is 2. The summed E-state index contributed by atoms with van der Waals surface area (Å²) in [6, 6.07) is 21.6. The summed E-state index contributed by atoms with van der Waals surface area (Å²) in [6.45, 7) is 3.42. The highest BCUT2D eigenvalue weighted by molar-refractivity contribution is 7.09. The summed E-state index contributed by atoms with van der Waals surface area (Å²) < 4.78 is 0. The minimum atomic E-state index is -0.138. The number of amides is 2. The maximum atomic E-state index is 12.6. The van der Waals surface area contributed by atoms with Crippen LogP contribution in [0.5, 0.6) is 0 Å². The van der Waals surface area contributed by atoms with E-state index in [1.165, 1.54) is 0 Å². The van der Waals surface area contributed by atoms with Crippen molar-refractivity contribution < 1.29 is 9.59 Å². The van der Waals surface area contributed by atoms with E-state index in [-0.39, 0.29) is 24.9 Å². The van der Waals surface area contributed by atoms with E-state index in [1.807, 2.05) is 83.9 Å². The predicted octanol–water partition coefficient (Wildman–Crippen LogP) is 3.99. The number of hydrogen-bond donors (Lipinski definition) is 2. The van der Waals surface area contributed by atoms with E-state index in [4.69, 9.17) is 0 Å². The molecule has 5 nitrogen and oxygen atoms in total. The summed E-state index contributed by atoms with van der Waals surface area (Å²) in [5.74, 6) is -0.223. The van der Waals surface area contributed by atoms with Crippen molar-refractivity contribution in [2.75, 3.05) is 25.0 Å². The first-order valence-electron chi connectivity index (χ1n) is 9.61. The SMILES string of the molecule is CCN(CC(=O)NCc1cccs1)CC(=O)Nc1ccccc1-c1ccccc1. The fourth-order valence-corrected chi connectivity index (χ4v) is 3.64. The Hall–Kier alpha value is -2.96. The van der Waals surface area contributed by atoms with Gasteiger partial charge in [-0.05, 0) is 29.6 Å². The molecule has 29 heavy (non-hydrogen) atoms. The normalized spacial score (nSPS) is 10.7. The lowest BCUT2D eigenvalue weighted by molar-refractivity contribution is -0.123. The van der Waals surface area contributed by atoms with Gasteiger partial charge >= 0.3 is 0 Å². The van der Waals surface area contributed by atoms with E-state index in [2.05, 4.69) is 10.6 Å². The molecule has 2 N–H and O–H groups in total. The lowest BCUT2D eigenvalue weighted by atomic mass is 10.0. The van der Waals surface area contributed by atoms with Gasteiger partial charge < -0.3 is 10.6 Å². The van der Waals surface area contributed by atoms with Crippen LogP contribution in [-0.4, -0.2) is 36.3 Å². The van der Waals surface area contributed by atoms with Gasteiger partial charge in [0.25, 0.3) is 0 Å². The molecule has 0 aliphatic heterocycles. The second-order valence-electron chi connectivity index (χ2n) is 6.62. The highest BCUT2D eigenvalue weighted by Gasteiger charge is 2.14. The largest absolute Gasteiger partial charge is 0.350 e. The zero-order valence-electron chi connectivity index (χ0n) is 16.4. The van der Waals surface area contributed by atoms with Gasteiger partial charge in [-0.3, -0.25) is 14.5 Å². The Morgan fingerprint density at radius 2 is 1.62 bits per heavy atom. The van der Waals surface area contributed by atoms with Gasteiger partial charge in [-0.15, -0.1) is 11.3 Å². The topological polar surface area (TPSA) is 61.4 Å². The van der Waals surface area contributed by atoms with Crippen LogP contribution in [0.1, 0.15) is 11.8 Å². The Balaban J connectivity index is 1.56. The third-order valence-corrected chi connectivity index (χ3v) is 5.38. The van der Waals surface area contributed by atoms with Crippen LogP contribution in [0.15, 0.2) is 72.1 Å². The number of likely N-dealkylation sites (N-methyl/N-ethyl adjacent to an activating group) is 1. The van der Waals surface area contributed by atoms with Gasteiger partial charge in [-0.2, -0.15) is 0 Å². The van der Waals surface area contributed by atoms with Gasteiger partial charge in [-0.1, -0.05) is 61.5 Å². The summed E-state index contributed by atoms with van der Waals surface area (Å²) in [4.78, 5) is 27.7. The highest BCUT2D eigenvalue weighted by atomic mass is 32.1. The Kier molecular flexibility index (Phi) is 7.55. The fraction of sp³-hybridized carbons (Fsp3) is 0.217. The molecule has 1 aromatic heterocycles. The molecule has 1 heterocycles. The minimum absolute atomic E-state index is 0.0854. The van der Waals surface area contributed by atoms with E-state index in [0.29, 0.717) is 13.1 Å². The van der Waals surface area contributed by atoms with E-state index < -0.39 is 0 Å². The van der Waals surface area contributed by atoms with Crippen molar-refractivity contribution >= 4 is 28.8 Å². The molecule has 0 atom stereocenters. The van der Waals surface area contributed by atoms with Crippen molar-refractivity contribution in [2.45, 2.75) is 13.5 Å². The number of nitrogens with zero attached hydrogens (tertiary/aromatic N) is 1. The van der Waals surface area contributed by atoms with Crippen LogP contribution in [0.25, 0.3) is 11.1 Å². The van der Waals surface area contributed by atoms with Crippen molar-refractivity contribution in [1.29, 1.82) is 0 Å². The highest BCUT2D eigenvalue weighted by Crippen LogP contribution is 2.27. The molecule has 6 heteroatoms. The maximum Gasteiger partial charge on any atom is 0.238 e. The second kappa shape index (κ2) is 10.5. The molecule has 0 aliphatic carbocycles. The van der Waals surface area contributed by atoms with Gasteiger partial charge in [0.15, 0.2) is 0 Å². The summed E-state index contributed by atoms with van der Waals surface area (Å²) in [5.41, 5.74) is 2.78. The van der Waals surface area contributed by atoms with Gasteiger partial charge in [0, 0.05) is 16.1 Å². The van der Waals surface area contributed by atoms with Gasteiger partial charge in [0.1, 0.15) is 0 Å². The molecule has 0 fully saturated rings. The van der Waals surface area contributed by atoms with Crippen molar-refractivity contribution in [3.63, 3.8) is 0 Å². The summed E-state index contributed by atoms with van der Waals surface area (Å²) in [5, 5.41) is 7.88. The molecule has 0 radical (unpaired) electrons. The quantitative estimate of drug-likeness (QED) is 0.564. The molecule has 150 valence electrons. The van der Waals surface area contributed by atoms with Crippen LogP contribution < -0.4 is 10.6 Å². The molecule has 0 bridgehead atoms. The molecule has 0 spiro atoms. The average molecular weight is 408 g/mol. The van der Waals surface area contributed by atoms with Crippen molar-refractivity contribution in [3.8, 4) is 11.1 Å². The van der Waals surface area contributed by atoms with Gasteiger partial charge in [0.05, 0.1) is 19.6 Å².